The number of carbonyl (C=O) groups excluding carboxylic acids is 1. The summed E-state index contributed by atoms with van der Waals surface area (Å²) < 4.78 is 0. The van der Waals surface area contributed by atoms with E-state index in [1.165, 1.54) is 5.56 Å². The summed E-state index contributed by atoms with van der Waals surface area (Å²) in [5.41, 5.74) is 2.79. The maximum atomic E-state index is 12.0. The Morgan fingerprint density at radius 1 is 1.11 bits per heavy atom. The second kappa shape index (κ2) is 9.33. The highest BCUT2D eigenvalue weighted by molar-refractivity contribution is 5.92. The van der Waals surface area contributed by atoms with Gasteiger partial charge in [-0.3, -0.25) is 9.69 Å². The average Bonchev–Trinajstić information content (AvgIpc) is 2.69. The highest BCUT2D eigenvalue weighted by Crippen LogP contribution is 2.16. The third kappa shape index (κ3) is 5.66. The zero-order valence-corrected chi connectivity index (χ0v) is 16.1. The first-order valence-corrected chi connectivity index (χ1v) is 9.57. The van der Waals surface area contributed by atoms with Crippen LogP contribution >= 0.6 is 0 Å². The van der Waals surface area contributed by atoms with Gasteiger partial charge in [0.05, 0.1) is 11.9 Å². The molecule has 27 heavy (non-hydrogen) atoms. The van der Waals surface area contributed by atoms with E-state index in [4.69, 9.17) is 0 Å². The number of amides is 1. The highest BCUT2D eigenvalue weighted by atomic mass is 16.1. The number of benzene rings is 1. The summed E-state index contributed by atoms with van der Waals surface area (Å²) in [7, 11) is 0. The molecule has 0 saturated carbocycles. The van der Waals surface area contributed by atoms with E-state index in [1.54, 1.807) is 6.20 Å². The van der Waals surface area contributed by atoms with E-state index in [0.717, 1.165) is 38.4 Å². The molecule has 142 valence electrons. The van der Waals surface area contributed by atoms with Crippen molar-refractivity contribution in [3.8, 4) is 0 Å². The minimum Gasteiger partial charge on any atom is -0.368 e. The minimum atomic E-state index is -0.119. The first kappa shape index (κ1) is 19.1. The molecule has 1 saturated heterocycles. The minimum absolute atomic E-state index is 0.114. The molecule has 0 atom stereocenters. The smallest absolute Gasteiger partial charge is 0.270 e. The molecular weight excluding hydrogens is 336 g/mol. The second-order valence-electron chi connectivity index (χ2n) is 7.13. The van der Waals surface area contributed by atoms with Crippen LogP contribution in [0, 0.1) is 0 Å². The van der Waals surface area contributed by atoms with E-state index >= 15 is 0 Å². The molecule has 0 aliphatic carbocycles. The summed E-state index contributed by atoms with van der Waals surface area (Å²) in [5, 5.41) is 2.87. The Bertz CT molecular complexity index is 748. The molecule has 0 spiro atoms. The van der Waals surface area contributed by atoms with E-state index in [0.29, 0.717) is 5.69 Å². The van der Waals surface area contributed by atoms with Crippen molar-refractivity contribution < 1.29 is 4.79 Å². The van der Waals surface area contributed by atoms with Gasteiger partial charge < -0.3 is 10.2 Å². The van der Waals surface area contributed by atoms with Crippen LogP contribution in [0.5, 0.6) is 0 Å². The fourth-order valence-electron chi connectivity index (χ4n) is 3.13. The maximum absolute atomic E-state index is 12.0. The number of rotatable bonds is 6. The molecule has 5 heteroatoms. The van der Waals surface area contributed by atoms with Crippen LogP contribution in [0.25, 0.3) is 6.08 Å². The summed E-state index contributed by atoms with van der Waals surface area (Å²) in [6.07, 6.45) is 6.21. The van der Waals surface area contributed by atoms with Gasteiger partial charge in [-0.1, -0.05) is 42.5 Å². The number of nitrogens with one attached hydrogen (secondary N) is 1. The summed E-state index contributed by atoms with van der Waals surface area (Å²) in [6.45, 7) is 8.84. The Hall–Kier alpha value is -2.66. The molecule has 1 fully saturated rings. The van der Waals surface area contributed by atoms with E-state index in [9.17, 15) is 4.79 Å². The van der Waals surface area contributed by atoms with Crippen LogP contribution in [0.1, 0.15) is 29.9 Å². The molecule has 3 rings (SSSR count). The van der Waals surface area contributed by atoms with E-state index in [1.807, 2.05) is 32.0 Å². The van der Waals surface area contributed by atoms with Gasteiger partial charge in [0.2, 0.25) is 0 Å². The highest BCUT2D eigenvalue weighted by Gasteiger charge is 2.17. The lowest BCUT2D eigenvalue weighted by Gasteiger charge is -2.35. The van der Waals surface area contributed by atoms with Gasteiger partial charge in [0.1, 0.15) is 5.69 Å². The fraction of sp³-hybridized carbons (Fsp3) is 0.364. The van der Waals surface area contributed by atoms with Crippen molar-refractivity contribution in [1.82, 2.24) is 15.2 Å². The molecule has 5 nitrogen and oxygen atoms in total. The van der Waals surface area contributed by atoms with Crippen molar-refractivity contribution in [2.75, 3.05) is 37.6 Å². The number of anilines is 1. The Morgan fingerprint density at radius 3 is 2.48 bits per heavy atom. The van der Waals surface area contributed by atoms with Gasteiger partial charge in [0.25, 0.3) is 5.91 Å². The van der Waals surface area contributed by atoms with Crippen molar-refractivity contribution in [3.63, 3.8) is 0 Å². The van der Waals surface area contributed by atoms with Gasteiger partial charge in [-0.15, -0.1) is 0 Å². The zero-order chi connectivity index (χ0) is 19.1. The summed E-state index contributed by atoms with van der Waals surface area (Å²) >= 11 is 0. The predicted molar refractivity (Wildman–Crippen MR) is 111 cm³/mol. The lowest BCUT2D eigenvalue weighted by molar-refractivity contribution is 0.0938. The van der Waals surface area contributed by atoms with Crippen LogP contribution < -0.4 is 10.2 Å². The standard InChI is InChI=1S/C22H28N4O/c1-18(2)24-22(27)21-11-10-20(17-23-21)26-15-13-25(14-16-26)12-6-9-19-7-4-3-5-8-19/h3-11,17-18H,12-16H2,1-2H3,(H,24,27)/b9-6+. The van der Waals surface area contributed by atoms with E-state index < -0.39 is 0 Å². The molecule has 0 radical (unpaired) electrons. The third-order valence-electron chi connectivity index (χ3n) is 4.61. The number of pyridine rings is 1. The maximum Gasteiger partial charge on any atom is 0.270 e. The number of hydrogen-bond donors (Lipinski definition) is 1. The predicted octanol–water partition coefficient (Wildman–Crippen LogP) is 3.06. The van der Waals surface area contributed by atoms with Crippen LogP contribution in [0.15, 0.2) is 54.7 Å². The fourth-order valence-corrected chi connectivity index (χ4v) is 3.13. The van der Waals surface area contributed by atoms with Gasteiger partial charge in [0, 0.05) is 38.8 Å². The van der Waals surface area contributed by atoms with Gasteiger partial charge in [-0.25, -0.2) is 4.98 Å². The SMILES string of the molecule is CC(C)NC(=O)c1ccc(N2CCN(C/C=C/c3ccccc3)CC2)cn1. The zero-order valence-electron chi connectivity index (χ0n) is 16.1. The molecule has 1 aliphatic heterocycles. The molecule has 2 heterocycles. The summed E-state index contributed by atoms with van der Waals surface area (Å²) in [4.78, 5) is 21.1. The molecule has 1 aromatic heterocycles. The lowest BCUT2D eigenvalue weighted by Crippen LogP contribution is -2.46. The first-order chi connectivity index (χ1) is 13.1. The van der Waals surface area contributed by atoms with Crippen molar-refractivity contribution in [2.45, 2.75) is 19.9 Å². The number of nitrogens with zero attached hydrogens (tertiary/aromatic N) is 3. The molecule has 0 unspecified atom stereocenters. The Balaban J connectivity index is 1.47. The molecular formula is C22H28N4O. The number of hydrogen-bond acceptors (Lipinski definition) is 4. The quantitative estimate of drug-likeness (QED) is 0.856. The van der Waals surface area contributed by atoms with Crippen LogP contribution in [0.3, 0.4) is 0 Å². The van der Waals surface area contributed by atoms with Crippen LogP contribution in [0.2, 0.25) is 0 Å². The molecule has 1 amide bonds. The first-order valence-electron chi connectivity index (χ1n) is 9.57. The van der Waals surface area contributed by atoms with Crippen LogP contribution in [-0.2, 0) is 0 Å². The van der Waals surface area contributed by atoms with Gasteiger partial charge >= 0.3 is 0 Å². The Morgan fingerprint density at radius 2 is 1.85 bits per heavy atom. The van der Waals surface area contributed by atoms with E-state index in [2.05, 4.69) is 56.5 Å². The monoisotopic (exact) mass is 364 g/mol. The average molecular weight is 364 g/mol. The summed E-state index contributed by atoms with van der Waals surface area (Å²) in [5.74, 6) is -0.119. The molecule has 1 N–H and O–H groups in total. The molecule has 1 aromatic carbocycles. The largest absolute Gasteiger partial charge is 0.368 e. The van der Waals surface area contributed by atoms with Gasteiger partial charge in [-0.2, -0.15) is 0 Å². The Labute approximate surface area is 161 Å². The van der Waals surface area contributed by atoms with Crippen molar-refractivity contribution in [2.24, 2.45) is 0 Å². The topological polar surface area (TPSA) is 48.5 Å². The van der Waals surface area contributed by atoms with Crippen LogP contribution in [-0.4, -0.2) is 54.6 Å². The van der Waals surface area contributed by atoms with Gasteiger partial charge in [-0.05, 0) is 31.5 Å². The molecule has 2 aromatic rings. The lowest BCUT2D eigenvalue weighted by atomic mass is 10.2. The number of aromatic nitrogens is 1. The van der Waals surface area contributed by atoms with Gasteiger partial charge in [0.15, 0.2) is 0 Å². The van der Waals surface area contributed by atoms with Crippen molar-refractivity contribution >= 4 is 17.7 Å². The second-order valence-corrected chi connectivity index (χ2v) is 7.13. The molecule has 1 aliphatic rings. The normalized spacial score (nSPS) is 15.4. The third-order valence-corrected chi connectivity index (χ3v) is 4.61. The number of carbonyl (C=O) groups is 1. The Kier molecular flexibility index (Phi) is 6.60. The number of piperazine rings is 1. The van der Waals surface area contributed by atoms with Crippen molar-refractivity contribution in [3.05, 3.63) is 66.0 Å². The van der Waals surface area contributed by atoms with Crippen LogP contribution in [0.4, 0.5) is 5.69 Å². The summed E-state index contributed by atoms with van der Waals surface area (Å²) in [6, 6.07) is 14.3. The molecule has 0 bridgehead atoms. The van der Waals surface area contributed by atoms with E-state index in [-0.39, 0.29) is 11.9 Å². The van der Waals surface area contributed by atoms with Crippen molar-refractivity contribution in [1.29, 1.82) is 0 Å².